The van der Waals surface area contributed by atoms with Gasteiger partial charge in [0.15, 0.2) is 0 Å². The van der Waals surface area contributed by atoms with E-state index in [1.807, 2.05) is 0 Å². The summed E-state index contributed by atoms with van der Waals surface area (Å²) in [7, 11) is -3.49. The van der Waals surface area contributed by atoms with Gasteiger partial charge in [0.05, 0.1) is 5.75 Å². The predicted molar refractivity (Wildman–Crippen MR) is 81.3 cm³/mol. The van der Waals surface area contributed by atoms with Gasteiger partial charge < -0.3 is 0 Å². The fourth-order valence-corrected chi connectivity index (χ4v) is 4.34. The summed E-state index contributed by atoms with van der Waals surface area (Å²) in [4.78, 5) is 0. The summed E-state index contributed by atoms with van der Waals surface area (Å²) in [5.74, 6) is -0.798. The molecular weight excluding hydrogens is 345 g/mol. The highest BCUT2D eigenvalue weighted by Crippen LogP contribution is 2.20. The maximum absolute atomic E-state index is 13.7. The highest BCUT2D eigenvalue weighted by atomic mass is 79.9. The minimum Gasteiger partial charge on any atom is -0.212 e. The van der Waals surface area contributed by atoms with Crippen molar-refractivity contribution in [3.05, 3.63) is 34.1 Å². The van der Waals surface area contributed by atoms with Crippen molar-refractivity contribution in [1.29, 1.82) is 0 Å². The normalized spacial score (nSPS) is 17.9. The quantitative estimate of drug-likeness (QED) is 0.828. The van der Waals surface area contributed by atoms with E-state index in [1.54, 1.807) is 6.07 Å². The highest BCUT2D eigenvalue weighted by Gasteiger charge is 2.21. The van der Waals surface area contributed by atoms with E-state index in [9.17, 15) is 12.8 Å². The fraction of sp³-hybridized carbons (Fsp3) is 0.571. The summed E-state index contributed by atoms with van der Waals surface area (Å²) >= 11 is 3.16. The number of halogens is 2. The molecule has 0 unspecified atom stereocenters. The third-order valence-corrected chi connectivity index (χ3v) is 5.44. The van der Waals surface area contributed by atoms with Crippen LogP contribution < -0.4 is 4.72 Å². The molecule has 3 nitrogen and oxygen atoms in total. The number of hydrogen-bond donors (Lipinski definition) is 1. The Morgan fingerprint density at radius 2 is 1.85 bits per heavy atom. The number of rotatable bonds is 4. The van der Waals surface area contributed by atoms with Crippen LogP contribution in [0.3, 0.4) is 0 Å². The summed E-state index contributed by atoms with van der Waals surface area (Å²) in [6.45, 7) is 0. The van der Waals surface area contributed by atoms with Crippen molar-refractivity contribution in [1.82, 2.24) is 4.72 Å². The van der Waals surface area contributed by atoms with Gasteiger partial charge in [-0.1, -0.05) is 47.7 Å². The summed E-state index contributed by atoms with van der Waals surface area (Å²) in [6, 6.07) is 4.45. The molecule has 0 bridgehead atoms. The third-order valence-electron chi connectivity index (χ3n) is 3.56. The van der Waals surface area contributed by atoms with Gasteiger partial charge >= 0.3 is 0 Å². The first-order valence-electron chi connectivity index (χ1n) is 6.90. The number of nitrogens with one attached hydrogen (secondary N) is 1. The van der Waals surface area contributed by atoms with E-state index in [2.05, 4.69) is 20.7 Å². The van der Waals surface area contributed by atoms with Crippen molar-refractivity contribution in [2.75, 3.05) is 0 Å². The number of benzene rings is 1. The molecule has 0 amide bonds. The van der Waals surface area contributed by atoms with Gasteiger partial charge in [0.25, 0.3) is 0 Å². The van der Waals surface area contributed by atoms with Crippen LogP contribution in [0.4, 0.5) is 4.39 Å². The standard InChI is InChI=1S/C14H19BrFNO2S/c15-12-8-7-11(14(16)9-12)10-20(18,19)17-13-5-3-1-2-4-6-13/h7-9,13,17H,1-6,10H2. The van der Waals surface area contributed by atoms with Gasteiger partial charge in [-0.25, -0.2) is 17.5 Å². The van der Waals surface area contributed by atoms with E-state index >= 15 is 0 Å². The maximum Gasteiger partial charge on any atom is 0.216 e. The van der Waals surface area contributed by atoms with Crippen molar-refractivity contribution in [2.45, 2.75) is 50.3 Å². The molecule has 0 spiro atoms. The van der Waals surface area contributed by atoms with Crippen molar-refractivity contribution < 1.29 is 12.8 Å². The molecule has 6 heteroatoms. The molecule has 0 saturated heterocycles. The minimum atomic E-state index is -3.49. The van der Waals surface area contributed by atoms with Gasteiger partial charge in [-0.2, -0.15) is 0 Å². The van der Waals surface area contributed by atoms with E-state index in [1.165, 1.54) is 25.0 Å². The third kappa shape index (κ3) is 4.82. The van der Waals surface area contributed by atoms with Gasteiger partial charge in [0.2, 0.25) is 10.0 Å². The summed E-state index contributed by atoms with van der Waals surface area (Å²) in [6.07, 6.45) is 6.20. The Morgan fingerprint density at radius 1 is 1.20 bits per heavy atom. The second-order valence-electron chi connectivity index (χ2n) is 5.30. The molecule has 1 aromatic carbocycles. The first-order chi connectivity index (χ1) is 9.46. The minimum absolute atomic E-state index is 0.000935. The predicted octanol–water partition coefficient (Wildman–Crippen LogP) is 3.73. The van der Waals surface area contributed by atoms with Gasteiger partial charge in [-0.05, 0) is 25.0 Å². The molecule has 0 atom stereocenters. The lowest BCUT2D eigenvalue weighted by molar-refractivity contribution is 0.508. The Balaban J connectivity index is 2.02. The van der Waals surface area contributed by atoms with E-state index in [0.717, 1.165) is 25.7 Å². The van der Waals surface area contributed by atoms with Gasteiger partial charge in [0.1, 0.15) is 5.82 Å². The Kier molecular flexibility index (Phi) is 5.57. The average molecular weight is 364 g/mol. The SMILES string of the molecule is O=S(=O)(Cc1ccc(Br)cc1F)NC1CCCCCC1. The number of sulfonamides is 1. The van der Waals surface area contributed by atoms with E-state index < -0.39 is 15.8 Å². The molecule has 112 valence electrons. The Labute approximate surface area is 128 Å². The van der Waals surface area contributed by atoms with Crippen molar-refractivity contribution in [2.24, 2.45) is 0 Å². The summed E-state index contributed by atoms with van der Waals surface area (Å²) in [5.41, 5.74) is 0.203. The van der Waals surface area contributed by atoms with Crippen LogP contribution in [-0.4, -0.2) is 14.5 Å². The molecule has 1 aliphatic rings. The molecule has 0 heterocycles. The Morgan fingerprint density at radius 3 is 2.45 bits per heavy atom. The van der Waals surface area contributed by atoms with Gasteiger partial charge in [-0.15, -0.1) is 0 Å². The molecule has 0 aromatic heterocycles. The van der Waals surface area contributed by atoms with Crippen LogP contribution in [0.2, 0.25) is 0 Å². The number of hydrogen-bond acceptors (Lipinski definition) is 2. The van der Waals surface area contributed by atoms with Gasteiger partial charge in [-0.3, -0.25) is 0 Å². The van der Waals surface area contributed by atoms with Crippen LogP contribution in [0.1, 0.15) is 44.1 Å². The lowest BCUT2D eigenvalue weighted by atomic mass is 10.1. The molecule has 1 aromatic rings. The zero-order chi connectivity index (χ0) is 14.6. The summed E-state index contributed by atoms with van der Waals surface area (Å²) in [5, 5.41) is 0. The average Bonchev–Trinajstić information content (AvgIpc) is 2.61. The van der Waals surface area contributed by atoms with Gasteiger partial charge in [0, 0.05) is 16.1 Å². The molecule has 2 rings (SSSR count). The zero-order valence-corrected chi connectivity index (χ0v) is 13.6. The van der Waals surface area contributed by atoms with Crippen molar-refractivity contribution in [3.8, 4) is 0 Å². The Bertz CT molecular complexity index is 554. The van der Waals surface area contributed by atoms with E-state index in [-0.39, 0.29) is 17.4 Å². The maximum atomic E-state index is 13.7. The molecule has 20 heavy (non-hydrogen) atoms. The lowest BCUT2D eigenvalue weighted by Gasteiger charge is -2.16. The van der Waals surface area contributed by atoms with Crippen LogP contribution in [0.25, 0.3) is 0 Å². The lowest BCUT2D eigenvalue weighted by Crippen LogP contribution is -2.35. The largest absolute Gasteiger partial charge is 0.216 e. The first-order valence-corrected chi connectivity index (χ1v) is 9.35. The Hall–Kier alpha value is -0.460. The topological polar surface area (TPSA) is 46.2 Å². The first kappa shape index (κ1) is 15.9. The molecular formula is C14H19BrFNO2S. The van der Waals surface area contributed by atoms with Crippen LogP contribution in [0, 0.1) is 5.82 Å². The van der Waals surface area contributed by atoms with E-state index in [4.69, 9.17) is 0 Å². The molecule has 1 saturated carbocycles. The van der Waals surface area contributed by atoms with Crippen LogP contribution in [0.5, 0.6) is 0 Å². The van der Waals surface area contributed by atoms with Crippen LogP contribution in [-0.2, 0) is 15.8 Å². The smallest absolute Gasteiger partial charge is 0.212 e. The second kappa shape index (κ2) is 7.00. The van der Waals surface area contributed by atoms with E-state index in [0.29, 0.717) is 4.47 Å². The molecule has 1 aliphatic carbocycles. The van der Waals surface area contributed by atoms with Crippen molar-refractivity contribution in [3.63, 3.8) is 0 Å². The molecule has 0 radical (unpaired) electrons. The zero-order valence-electron chi connectivity index (χ0n) is 11.2. The second-order valence-corrected chi connectivity index (χ2v) is 7.97. The highest BCUT2D eigenvalue weighted by molar-refractivity contribution is 9.10. The summed E-state index contributed by atoms with van der Waals surface area (Å²) < 4.78 is 41.3. The molecule has 0 aliphatic heterocycles. The van der Waals surface area contributed by atoms with Crippen molar-refractivity contribution >= 4 is 26.0 Å². The van der Waals surface area contributed by atoms with Crippen LogP contribution in [0.15, 0.2) is 22.7 Å². The van der Waals surface area contributed by atoms with Crippen LogP contribution >= 0.6 is 15.9 Å². The monoisotopic (exact) mass is 363 g/mol. The molecule has 1 fully saturated rings. The molecule has 1 N–H and O–H groups in total. The fourth-order valence-electron chi connectivity index (χ4n) is 2.54.